The molecule has 0 saturated heterocycles. The zero-order valence-corrected chi connectivity index (χ0v) is 15.9. The van der Waals surface area contributed by atoms with Gasteiger partial charge >= 0.3 is 0 Å². The monoisotopic (exact) mass is 391 g/mol. The Morgan fingerprint density at radius 3 is 2.61 bits per heavy atom. The van der Waals surface area contributed by atoms with Crippen LogP contribution in [0.4, 0.5) is 11.4 Å². The van der Waals surface area contributed by atoms with Crippen LogP contribution in [-0.4, -0.2) is 11.8 Å². The van der Waals surface area contributed by atoms with E-state index in [0.29, 0.717) is 21.8 Å². The number of hydrogen-bond acceptors (Lipinski definition) is 3. The third-order valence-corrected chi connectivity index (χ3v) is 5.01. The summed E-state index contributed by atoms with van der Waals surface area (Å²) in [6, 6.07) is 19.8. The molecule has 0 aliphatic carbocycles. The molecule has 3 aromatic rings. The van der Waals surface area contributed by atoms with Gasteiger partial charge in [0.15, 0.2) is 0 Å². The third-order valence-electron chi connectivity index (χ3n) is 4.68. The van der Waals surface area contributed by atoms with Crippen LogP contribution in [0.3, 0.4) is 0 Å². The molecule has 0 saturated carbocycles. The molecule has 28 heavy (non-hydrogen) atoms. The number of para-hydroxylation sites is 1. The maximum absolute atomic E-state index is 12.5. The van der Waals surface area contributed by atoms with Gasteiger partial charge in [-0.05, 0) is 48.4 Å². The second kappa shape index (κ2) is 7.37. The standard InChI is InChI=1S/C22H18ClN3O2/c1-13-6-4-10-17-19(13)25-20(26-22(17)28)14-7-5-8-15(12-14)24-21(27)16-9-2-3-11-18(16)23/h2-12,20,25H,1H3,(H,24,27)(H,26,28). The first kappa shape index (κ1) is 18.1. The molecule has 0 fully saturated rings. The summed E-state index contributed by atoms with van der Waals surface area (Å²) in [6.07, 6.45) is -0.390. The van der Waals surface area contributed by atoms with E-state index in [1.54, 1.807) is 36.4 Å². The highest BCUT2D eigenvalue weighted by Crippen LogP contribution is 2.30. The lowest BCUT2D eigenvalue weighted by molar-refractivity contribution is 0.0934. The van der Waals surface area contributed by atoms with Crippen LogP contribution in [0.15, 0.2) is 66.7 Å². The Hall–Kier alpha value is -3.31. The molecule has 4 rings (SSSR count). The van der Waals surface area contributed by atoms with Crippen molar-refractivity contribution in [1.29, 1.82) is 0 Å². The minimum Gasteiger partial charge on any atom is -0.361 e. The molecule has 3 aromatic carbocycles. The summed E-state index contributed by atoms with van der Waals surface area (Å²) in [6.45, 7) is 1.96. The maximum atomic E-state index is 12.5. The first-order chi connectivity index (χ1) is 13.5. The van der Waals surface area contributed by atoms with E-state index in [1.165, 1.54) is 0 Å². The fourth-order valence-corrected chi connectivity index (χ4v) is 3.47. The normalized spacial score (nSPS) is 15.2. The first-order valence-electron chi connectivity index (χ1n) is 8.86. The Labute approximate surface area is 167 Å². The second-order valence-corrected chi connectivity index (χ2v) is 7.01. The minimum atomic E-state index is -0.390. The molecule has 0 bridgehead atoms. The summed E-state index contributed by atoms with van der Waals surface area (Å²) in [4.78, 5) is 25.0. The fourth-order valence-electron chi connectivity index (χ4n) is 3.24. The van der Waals surface area contributed by atoms with Gasteiger partial charge in [0.1, 0.15) is 6.17 Å². The summed E-state index contributed by atoms with van der Waals surface area (Å²) in [5.41, 5.74) is 4.30. The number of amides is 2. The van der Waals surface area contributed by atoms with Gasteiger partial charge in [0.25, 0.3) is 11.8 Å². The maximum Gasteiger partial charge on any atom is 0.257 e. The summed E-state index contributed by atoms with van der Waals surface area (Å²) in [7, 11) is 0. The van der Waals surface area contributed by atoms with E-state index in [-0.39, 0.29) is 11.8 Å². The van der Waals surface area contributed by atoms with Crippen LogP contribution in [0.5, 0.6) is 0 Å². The molecule has 0 spiro atoms. The van der Waals surface area contributed by atoms with E-state index in [2.05, 4.69) is 16.0 Å². The van der Waals surface area contributed by atoms with Gasteiger partial charge in [-0.3, -0.25) is 9.59 Å². The lowest BCUT2D eigenvalue weighted by atomic mass is 10.0. The van der Waals surface area contributed by atoms with Crippen LogP contribution in [0.2, 0.25) is 5.02 Å². The predicted octanol–water partition coefficient (Wildman–Crippen LogP) is 4.75. The number of benzene rings is 3. The minimum absolute atomic E-state index is 0.132. The van der Waals surface area contributed by atoms with Gasteiger partial charge < -0.3 is 16.0 Å². The molecule has 2 amide bonds. The Morgan fingerprint density at radius 2 is 1.79 bits per heavy atom. The number of aryl methyl sites for hydroxylation is 1. The molecule has 1 aliphatic rings. The van der Waals surface area contributed by atoms with E-state index in [1.807, 2.05) is 37.3 Å². The molecular weight excluding hydrogens is 374 g/mol. The van der Waals surface area contributed by atoms with Gasteiger partial charge in [0, 0.05) is 5.69 Å². The fraction of sp³-hybridized carbons (Fsp3) is 0.0909. The predicted molar refractivity (Wildman–Crippen MR) is 111 cm³/mol. The molecule has 0 aromatic heterocycles. The number of nitrogens with one attached hydrogen (secondary N) is 3. The largest absolute Gasteiger partial charge is 0.361 e. The van der Waals surface area contributed by atoms with Gasteiger partial charge in [0.2, 0.25) is 0 Å². The molecule has 1 unspecified atom stereocenters. The number of carbonyl (C=O) groups excluding carboxylic acids is 2. The SMILES string of the molecule is Cc1cccc2c1NC(c1cccc(NC(=O)c3ccccc3Cl)c1)NC2=O. The Kier molecular flexibility index (Phi) is 4.75. The molecule has 3 N–H and O–H groups in total. The zero-order chi connectivity index (χ0) is 19.7. The van der Waals surface area contributed by atoms with Gasteiger partial charge in [-0.15, -0.1) is 0 Å². The van der Waals surface area contributed by atoms with Crippen molar-refractivity contribution in [2.75, 3.05) is 10.6 Å². The highest BCUT2D eigenvalue weighted by atomic mass is 35.5. The highest BCUT2D eigenvalue weighted by Gasteiger charge is 2.25. The summed E-state index contributed by atoms with van der Waals surface area (Å²) in [5, 5.41) is 9.57. The quantitative estimate of drug-likeness (QED) is 0.603. The molecule has 140 valence electrons. The van der Waals surface area contributed by atoms with Crippen molar-refractivity contribution in [3.05, 3.63) is 94.0 Å². The van der Waals surface area contributed by atoms with Crippen LogP contribution in [0.25, 0.3) is 0 Å². The van der Waals surface area contributed by atoms with Crippen molar-refractivity contribution in [3.63, 3.8) is 0 Å². The number of hydrogen-bond donors (Lipinski definition) is 3. The Morgan fingerprint density at radius 1 is 1.00 bits per heavy atom. The van der Waals surface area contributed by atoms with E-state index in [9.17, 15) is 9.59 Å². The highest BCUT2D eigenvalue weighted by molar-refractivity contribution is 6.34. The van der Waals surface area contributed by atoms with Crippen LogP contribution < -0.4 is 16.0 Å². The number of rotatable bonds is 3. The van der Waals surface area contributed by atoms with Crippen molar-refractivity contribution in [3.8, 4) is 0 Å². The third kappa shape index (κ3) is 3.44. The number of carbonyl (C=O) groups is 2. The van der Waals surface area contributed by atoms with Gasteiger partial charge in [-0.2, -0.15) is 0 Å². The van der Waals surface area contributed by atoms with Crippen molar-refractivity contribution in [1.82, 2.24) is 5.32 Å². The van der Waals surface area contributed by atoms with Crippen LogP contribution in [-0.2, 0) is 0 Å². The Balaban J connectivity index is 1.58. The molecular formula is C22H18ClN3O2. The Bertz CT molecular complexity index is 1080. The van der Waals surface area contributed by atoms with Crippen molar-refractivity contribution < 1.29 is 9.59 Å². The molecule has 1 atom stereocenters. The molecule has 1 aliphatic heterocycles. The second-order valence-electron chi connectivity index (χ2n) is 6.61. The average Bonchev–Trinajstić information content (AvgIpc) is 2.69. The smallest absolute Gasteiger partial charge is 0.257 e. The zero-order valence-electron chi connectivity index (χ0n) is 15.1. The van der Waals surface area contributed by atoms with E-state index >= 15 is 0 Å². The van der Waals surface area contributed by atoms with E-state index < -0.39 is 6.17 Å². The topological polar surface area (TPSA) is 70.2 Å². The van der Waals surface area contributed by atoms with Crippen LogP contribution in [0, 0.1) is 6.92 Å². The first-order valence-corrected chi connectivity index (χ1v) is 9.23. The van der Waals surface area contributed by atoms with Crippen LogP contribution in [0.1, 0.15) is 38.0 Å². The molecule has 1 heterocycles. The average molecular weight is 392 g/mol. The summed E-state index contributed by atoms with van der Waals surface area (Å²) in [5.74, 6) is -0.419. The summed E-state index contributed by atoms with van der Waals surface area (Å²) >= 11 is 6.10. The van der Waals surface area contributed by atoms with Crippen molar-refractivity contribution in [2.45, 2.75) is 13.1 Å². The van der Waals surface area contributed by atoms with Gasteiger partial charge in [-0.1, -0.05) is 48.0 Å². The molecule has 6 heteroatoms. The molecule has 5 nitrogen and oxygen atoms in total. The lowest BCUT2D eigenvalue weighted by Crippen LogP contribution is -2.38. The van der Waals surface area contributed by atoms with Gasteiger partial charge in [-0.25, -0.2) is 0 Å². The lowest BCUT2D eigenvalue weighted by Gasteiger charge is -2.29. The number of anilines is 2. The van der Waals surface area contributed by atoms with Crippen molar-refractivity contribution >= 4 is 34.8 Å². The van der Waals surface area contributed by atoms with E-state index in [0.717, 1.165) is 16.8 Å². The number of halogens is 1. The van der Waals surface area contributed by atoms with Crippen molar-refractivity contribution in [2.24, 2.45) is 0 Å². The van der Waals surface area contributed by atoms with Crippen LogP contribution >= 0.6 is 11.6 Å². The number of fused-ring (bicyclic) bond motifs is 1. The van der Waals surface area contributed by atoms with Gasteiger partial charge in [0.05, 0.1) is 21.8 Å². The molecule has 0 radical (unpaired) electrons. The van der Waals surface area contributed by atoms with E-state index in [4.69, 9.17) is 11.6 Å². The summed E-state index contributed by atoms with van der Waals surface area (Å²) < 4.78 is 0.